The molecule has 1 radical (unpaired) electrons. The molecule has 1 saturated heterocycles. The summed E-state index contributed by atoms with van der Waals surface area (Å²) in [6.07, 6.45) is -1.06. The van der Waals surface area contributed by atoms with Gasteiger partial charge in [-0.2, -0.15) is 0 Å². The van der Waals surface area contributed by atoms with Crippen molar-refractivity contribution in [3.8, 4) is 0 Å². The quantitative estimate of drug-likeness (QED) is 0.611. The molecule has 3 unspecified atom stereocenters. The van der Waals surface area contributed by atoms with Crippen LogP contribution >= 0.6 is 8.17 Å². The van der Waals surface area contributed by atoms with Crippen molar-refractivity contribution in [3.05, 3.63) is 0 Å². The first kappa shape index (κ1) is 13.4. The molecule has 0 spiro atoms. The van der Waals surface area contributed by atoms with Crippen LogP contribution in [0.25, 0.3) is 0 Å². The first-order valence-corrected chi connectivity index (χ1v) is 6.54. The van der Waals surface area contributed by atoms with Crippen molar-refractivity contribution in [1.82, 2.24) is 0 Å². The molecule has 1 N–H and O–H groups in total. The Morgan fingerprint density at radius 2 is 2.27 bits per heavy atom. The summed E-state index contributed by atoms with van der Waals surface area (Å²) in [6.45, 7) is -0.264. The van der Waals surface area contributed by atoms with Crippen LogP contribution in [0, 0.1) is 0 Å². The fourth-order valence-electron chi connectivity index (χ4n) is 0.864. The lowest BCUT2D eigenvalue weighted by atomic mass is 10.4. The van der Waals surface area contributed by atoms with Crippen LogP contribution in [0.5, 0.6) is 0 Å². The predicted molar refractivity (Wildman–Crippen MR) is 46.0 cm³/mol. The Morgan fingerprint density at radius 1 is 1.67 bits per heavy atom. The van der Waals surface area contributed by atoms with Crippen molar-refractivity contribution < 1.29 is 36.2 Å². The van der Waals surface area contributed by atoms with Gasteiger partial charge in [-0.3, -0.25) is 9.05 Å². The highest BCUT2D eigenvalue weighted by molar-refractivity contribution is 7.92. The molecule has 0 saturated carbocycles. The first-order chi connectivity index (χ1) is 6.77. The monoisotopic (exact) mass is 269 g/mol. The molecule has 0 aromatic heterocycles. The van der Waals surface area contributed by atoms with Crippen LogP contribution in [-0.4, -0.2) is 40.5 Å². The molecule has 10 heteroatoms. The van der Waals surface area contributed by atoms with E-state index in [1.165, 1.54) is 0 Å². The summed E-state index contributed by atoms with van der Waals surface area (Å²) in [5.74, 6) is -0.769. The minimum absolute atomic E-state index is 0.264. The maximum absolute atomic E-state index is 11.9. The molecule has 5 nitrogen and oxygen atoms in total. The van der Waals surface area contributed by atoms with Gasteiger partial charge in [0, 0.05) is 7.11 Å². The zero-order valence-electron chi connectivity index (χ0n) is 7.56. The number of rotatable bonds is 3. The molecule has 91 valence electrons. The van der Waals surface area contributed by atoms with Crippen LogP contribution in [0.1, 0.15) is 0 Å². The summed E-state index contributed by atoms with van der Waals surface area (Å²) in [6, 6.07) is 0. The SMILES string of the molecule is CO[P]1(O)OCC(C[S+]([O-])C(F)(F)F)O1. The van der Waals surface area contributed by atoms with E-state index in [1.807, 2.05) is 0 Å². The minimum atomic E-state index is -4.78. The van der Waals surface area contributed by atoms with Crippen LogP contribution in [-0.2, 0) is 24.7 Å². The van der Waals surface area contributed by atoms with Gasteiger partial charge in [-0.25, -0.2) is 0 Å². The Labute approximate surface area is 87.4 Å². The summed E-state index contributed by atoms with van der Waals surface area (Å²) in [5, 5.41) is 0. The molecule has 1 aliphatic heterocycles. The summed E-state index contributed by atoms with van der Waals surface area (Å²) in [5.41, 5.74) is -4.78. The zero-order valence-corrected chi connectivity index (χ0v) is 9.27. The average molecular weight is 269 g/mol. The van der Waals surface area contributed by atoms with Gasteiger partial charge in [0.25, 0.3) is 0 Å². The van der Waals surface area contributed by atoms with Crippen molar-refractivity contribution in [1.29, 1.82) is 0 Å². The molecule has 0 aliphatic carbocycles. The Bertz CT molecular complexity index is 229. The van der Waals surface area contributed by atoms with E-state index in [2.05, 4.69) is 9.05 Å². The topological polar surface area (TPSA) is 71.0 Å². The maximum atomic E-state index is 11.9. The summed E-state index contributed by atoms with van der Waals surface area (Å²) in [4.78, 5) is 9.25. The van der Waals surface area contributed by atoms with E-state index in [1.54, 1.807) is 0 Å². The standard InChI is InChI=1S/C5H9F3O5PS/c1-11-14(9)12-2-4(13-14)3-15(10)5(6,7)8/h4,9H,2-3H2,1H3. The normalized spacial score (nSPS) is 34.4. The number of hydrogen-bond donors (Lipinski definition) is 1. The third kappa shape index (κ3) is 3.70. The minimum Gasteiger partial charge on any atom is -0.609 e. The second kappa shape index (κ2) is 4.70. The summed E-state index contributed by atoms with van der Waals surface area (Å²) >= 11 is -3.02. The fraction of sp³-hybridized carbons (Fsp3) is 1.00. The Kier molecular flexibility index (Phi) is 4.21. The summed E-state index contributed by atoms with van der Waals surface area (Å²) < 4.78 is 60.1. The van der Waals surface area contributed by atoms with Crippen LogP contribution in [0.3, 0.4) is 0 Å². The molecular weight excluding hydrogens is 260 g/mol. The Balaban J connectivity index is 2.43. The van der Waals surface area contributed by atoms with Crippen molar-refractivity contribution in [2.75, 3.05) is 19.5 Å². The smallest absolute Gasteiger partial charge is 0.572 e. The number of alkyl halides is 3. The molecule has 3 atom stereocenters. The molecule has 1 rings (SSSR count). The molecule has 0 amide bonds. The van der Waals surface area contributed by atoms with Gasteiger partial charge in [0.15, 0.2) is 0 Å². The van der Waals surface area contributed by atoms with Gasteiger partial charge in [0.05, 0.1) is 17.8 Å². The lowest BCUT2D eigenvalue weighted by Gasteiger charge is -2.19. The third-order valence-corrected chi connectivity index (χ3v) is 4.22. The van der Waals surface area contributed by atoms with Crippen molar-refractivity contribution in [2.45, 2.75) is 11.6 Å². The van der Waals surface area contributed by atoms with Gasteiger partial charge in [-0.1, -0.05) is 0 Å². The molecule has 1 aliphatic rings. The fourth-order valence-corrected chi connectivity index (χ4v) is 2.78. The third-order valence-electron chi connectivity index (χ3n) is 1.53. The Hall–Kier alpha value is 0.370. The van der Waals surface area contributed by atoms with Gasteiger partial charge in [-0.15, -0.1) is 13.2 Å². The van der Waals surface area contributed by atoms with Crippen LogP contribution in [0.2, 0.25) is 0 Å². The van der Waals surface area contributed by atoms with Gasteiger partial charge in [-0.05, 0) is 0 Å². The van der Waals surface area contributed by atoms with E-state index in [0.29, 0.717) is 0 Å². The van der Waals surface area contributed by atoms with E-state index < -0.39 is 36.7 Å². The van der Waals surface area contributed by atoms with Crippen molar-refractivity contribution >= 4 is 19.3 Å². The van der Waals surface area contributed by atoms with Gasteiger partial charge >= 0.3 is 13.7 Å². The number of hydrogen-bond acceptors (Lipinski definition) is 5. The Morgan fingerprint density at radius 3 is 2.67 bits per heavy atom. The zero-order chi connectivity index (χ0) is 11.7. The number of halogens is 3. The predicted octanol–water partition coefficient (Wildman–Crippen LogP) is 0.987. The average Bonchev–Trinajstić information content (AvgIpc) is 2.47. The second-order valence-electron chi connectivity index (χ2n) is 2.63. The highest BCUT2D eigenvalue weighted by Gasteiger charge is 2.49. The highest BCUT2D eigenvalue weighted by Crippen LogP contribution is 2.62. The lowest BCUT2D eigenvalue weighted by Crippen LogP contribution is -2.33. The first-order valence-electron chi connectivity index (χ1n) is 3.72. The van der Waals surface area contributed by atoms with Crippen LogP contribution < -0.4 is 0 Å². The molecule has 0 aromatic rings. The molecule has 0 bridgehead atoms. The summed E-state index contributed by atoms with van der Waals surface area (Å²) in [7, 11) is -2.36. The maximum Gasteiger partial charge on any atom is 0.572 e. The van der Waals surface area contributed by atoms with Crippen molar-refractivity contribution in [3.63, 3.8) is 0 Å². The van der Waals surface area contributed by atoms with E-state index in [-0.39, 0.29) is 6.61 Å². The highest BCUT2D eigenvalue weighted by atomic mass is 32.2. The molecular formula is C5H9F3O5PS. The van der Waals surface area contributed by atoms with E-state index in [9.17, 15) is 22.6 Å². The molecule has 1 heterocycles. The van der Waals surface area contributed by atoms with E-state index in [4.69, 9.17) is 4.52 Å². The second-order valence-corrected chi connectivity index (χ2v) is 5.89. The van der Waals surface area contributed by atoms with Crippen LogP contribution in [0.4, 0.5) is 13.2 Å². The largest absolute Gasteiger partial charge is 0.609 e. The van der Waals surface area contributed by atoms with E-state index in [0.717, 1.165) is 7.11 Å². The van der Waals surface area contributed by atoms with Gasteiger partial charge in [0.2, 0.25) is 0 Å². The molecule has 15 heavy (non-hydrogen) atoms. The van der Waals surface area contributed by atoms with E-state index >= 15 is 0 Å². The lowest BCUT2D eigenvalue weighted by molar-refractivity contribution is -0.0441. The van der Waals surface area contributed by atoms with Crippen molar-refractivity contribution in [2.24, 2.45) is 0 Å². The van der Waals surface area contributed by atoms with Gasteiger partial charge in [0.1, 0.15) is 11.9 Å². The molecule has 0 aromatic carbocycles. The molecule has 1 fully saturated rings. The van der Waals surface area contributed by atoms with Crippen LogP contribution in [0.15, 0.2) is 0 Å². The van der Waals surface area contributed by atoms with Gasteiger partial charge < -0.3 is 14.0 Å².